The predicted molar refractivity (Wildman–Crippen MR) is 59.3 cm³/mol. The maximum Gasteiger partial charge on any atom is 0.232 e. The second kappa shape index (κ2) is 5.15. The first-order valence-corrected chi connectivity index (χ1v) is 4.83. The number of nitrogens with one attached hydrogen (secondary N) is 1. The fourth-order valence-corrected chi connectivity index (χ4v) is 1.09. The number of rotatable bonds is 4. The van der Waals surface area contributed by atoms with E-state index in [0.717, 1.165) is 0 Å². The zero-order chi connectivity index (χ0) is 12.1. The summed E-state index contributed by atoms with van der Waals surface area (Å²) in [7, 11) is 0. The van der Waals surface area contributed by atoms with E-state index in [1.54, 1.807) is 17.1 Å². The maximum atomic E-state index is 11.3. The molecule has 4 N–H and O–H groups in total. The lowest BCUT2D eigenvalue weighted by molar-refractivity contribution is -0.115. The topological polar surface area (TPSA) is 106 Å². The predicted octanol–water partition coefficient (Wildman–Crippen LogP) is 0.539. The van der Waals surface area contributed by atoms with Crippen LogP contribution in [0.5, 0.6) is 0 Å². The van der Waals surface area contributed by atoms with E-state index in [1.807, 2.05) is 13.8 Å². The van der Waals surface area contributed by atoms with Gasteiger partial charge in [0.1, 0.15) is 5.84 Å². The van der Waals surface area contributed by atoms with Crippen molar-refractivity contribution in [3.63, 3.8) is 0 Å². The van der Waals surface area contributed by atoms with Crippen LogP contribution in [0, 0.1) is 0 Å². The lowest BCUT2D eigenvalue weighted by atomic mass is 10.3. The molecule has 0 bridgehead atoms. The molecule has 1 aromatic rings. The van der Waals surface area contributed by atoms with Crippen LogP contribution in [-0.4, -0.2) is 26.7 Å². The minimum Gasteiger partial charge on any atom is -0.409 e. The maximum absolute atomic E-state index is 11.3. The van der Waals surface area contributed by atoms with Crippen LogP contribution >= 0.6 is 0 Å². The Balaban J connectivity index is 2.56. The van der Waals surface area contributed by atoms with Gasteiger partial charge in [0.05, 0.1) is 18.3 Å². The summed E-state index contributed by atoms with van der Waals surface area (Å²) in [5, 5.41) is 17.7. The highest BCUT2D eigenvalue weighted by atomic mass is 16.4. The molecule has 0 fully saturated rings. The van der Waals surface area contributed by atoms with Crippen molar-refractivity contribution in [2.75, 3.05) is 5.32 Å². The fraction of sp³-hybridized carbons (Fsp3) is 0.444. The summed E-state index contributed by atoms with van der Waals surface area (Å²) in [4.78, 5) is 11.3. The van der Waals surface area contributed by atoms with Gasteiger partial charge in [0, 0.05) is 12.2 Å². The van der Waals surface area contributed by atoms with Gasteiger partial charge >= 0.3 is 0 Å². The van der Waals surface area contributed by atoms with Crippen molar-refractivity contribution >= 4 is 17.4 Å². The second-order valence-corrected chi connectivity index (χ2v) is 3.62. The SMILES string of the molecule is CC(C)n1cc(NC(=O)CC(N)=NO)cn1. The first-order chi connectivity index (χ1) is 7.52. The molecule has 0 saturated heterocycles. The Morgan fingerprint density at radius 1 is 1.75 bits per heavy atom. The van der Waals surface area contributed by atoms with Crippen LogP contribution in [0.25, 0.3) is 0 Å². The van der Waals surface area contributed by atoms with Crippen molar-refractivity contribution in [1.82, 2.24) is 9.78 Å². The van der Waals surface area contributed by atoms with Gasteiger partial charge in [-0.25, -0.2) is 0 Å². The van der Waals surface area contributed by atoms with Gasteiger partial charge in [-0.2, -0.15) is 5.10 Å². The van der Waals surface area contributed by atoms with Gasteiger partial charge in [-0.1, -0.05) is 5.16 Å². The summed E-state index contributed by atoms with van der Waals surface area (Å²) >= 11 is 0. The van der Waals surface area contributed by atoms with Crippen molar-refractivity contribution in [3.05, 3.63) is 12.4 Å². The van der Waals surface area contributed by atoms with E-state index in [9.17, 15) is 4.79 Å². The molecule has 88 valence electrons. The Kier molecular flexibility index (Phi) is 3.87. The van der Waals surface area contributed by atoms with Crippen LogP contribution in [0.2, 0.25) is 0 Å². The lowest BCUT2D eigenvalue weighted by Crippen LogP contribution is -2.21. The summed E-state index contributed by atoms with van der Waals surface area (Å²) in [6, 6.07) is 0.231. The third-order valence-corrected chi connectivity index (χ3v) is 1.88. The number of amidine groups is 1. The van der Waals surface area contributed by atoms with Crippen LogP contribution < -0.4 is 11.1 Å². The van der Waals surface area contributed by atoms with Crippen LogP contribution in [0.1, 0.15) is 26.3 Å². The molecule has 7 nitrogen and oxygen atoms in total. The third kappa shape index (κ3) is 3.26. The summed E-state index contributed by atoms with van der Waals surface area (Å²) < 4.78 is 1.72. The molecule has 0 unspecified atom stereocenters. The zero-order valence-electron chi connectivity index (χ0n) is 9.21. The van der Waals surface area contributed by atoms with E-state index >= 15 is 0 Å². The normalized spacial score (nSPS) is 11.8. The van der Waals surface area contributed by atoms with Crippen LogP contribution in [0.3, 0.4) is 0 Å². The van der Waals surface area contributed by atoms with E-state index in [1.165, 1.54) is 0 Å². The van der Waals surface area contributed by atoms with E-state index in [2.05, 4.69) is 15.6 Å². The van der Waals surface area contributed by atoms with Crippen molar-refractivity contribution in [2.45, 2.75) is 26.3 Å². The monoisotopic (exact) mass is 225 g/mol. The molecule has 1 aromatic heterocycles. The largest absolute Gasteiger partial charge is 0.409 e. The van der Waals surface area contributed by atoms with Crippen LogP contribution in [0.15, 0.2) is 17.5 Å². The summed E-state index contributed by atoms with van der Waals surface area (Å²) in [6.45, 7) is 3.96. The Morgan fingerprint density at radius 2 is 2.44 bits per heavy atom. The van der Waals surface area contributed by atoms with Crippen LogP contribution in [0.4, 0.5) is 5.69 Å². The minimum absolute atomic E-state index is 0.131. The number of nitrogens with zero attached hydrogens (tertiary/aromatic N) is 3. The van der Waals surface area contributed by atoms with Gasteiger partial charge in [-0.3, -0.25) is 9.48 Å². The molecular formula is C9H15N5O2. The molecule has 0 aromatic carbocycles. The van der Waals surface area contributed by atoms with Gasteiger partial charge < -0.3 is 16.3 Å². The number of nitrogens with two attached hydrogens (primary N) is 1. The zero-order valence-corrected chi connectivity index (χ0v) is 9.21. The number of carbonyl (C=O) groups is 1. The molecule has 0 aliphatic rings. The van der Waals surface area contributed by atoms with Gasteiger partial charge in [0.15, 0.2) is 0 Å². The Morgan fingerprint density at radius 3 is 2.94 bits per heavy atom. The van der Waals surface area contributed by atoms with Gasteiger partial charge in [-0.05, 0) is 13.8 Å². The second-order valence-electron chi connectivity index (χ2n) is 3.62. The number of aromatic nitrogens is 2. The molecular weight excluding hydrogens is 210 g/mol. The molecule has 0 saturated carbocycles. The highest BCUT2D eigenvalue weighted by molar-refractivity contribution is 6.04. The van der Waals surface area contributed by atoms with E-state index in [0.29, 0.717) is 5.69 Å². The molecule has 0 aliphatic carbocycles. The summed E-state index contributed by atoms with van der Waals surface area (Å²) in [5.41, 5.74) is 5.79. The first kappa shape index (κ1) is 12.0. The summed E-state index contributed by atoms with van der Waals surface area (Å²) in [5.74, 6) is -0.479. The standard InChI is InChI=1S/C9H15N5O2/c1-6(2)14-5-7(4-11-14)12-9(15)3-8(10)13-16/h4-6,16H,3H2,1-2H3,(H2,10,13)(H,12,15). The van der Waals surface area contributed by atoms with E-state index in [-0.39, 0.29) is 24.2 Å². The lowest BCUT2D eigenvalue weighted by Gasteiger charge is -2.03. The van der Waals surface area contributed by atoms with E-state index in [4.69, 9.17) is 10.9 Å². The number of carbonyl (C=O) groups excluding carboxylic acids is 1. The number of anilines is 1. The van der Waals surface area contributed by atoms with Crippen molar-refractivity contribution < 1.29 is 10.0 Å². The van der Waals surface area contributed by atoms with Gasteiger partial charge in [0.2, 0.25) is 5.91 Å². The highest BCUT2D eigenvalue weighted by Gasteiger charge is 2.07. The van der Waals surface area contributed by atoms with Crippen molar-refractivity contribution in [1.29, 1.82) is 0 Å². The van der Waals surface area contributed by atoms with Crippen molar-refractivity contribution in [3.8, 4) is 0 Å². The highest BCUT2D eigenvalue weighted by Crippen LogP contribution is 2.09. The number of oxime groups is 1. The number of hydrogen-bond donors (Lipinski definition) is 3. The van der Waals surface area contributed by atoms with E-state index < -0.39 is 0 Å². The molecule has 1 rings (SSSR count). The Bertz CT molecular complexity index is 396. The van der Waals surface area contributed by atoms with Gasteiger partial charge in [0.25, 0.3) is 0 Å². The number of hydrogen-bond acceptors (Lipinski definition) is 4. The average molecular weight is 225 g/mol. The van der Waals surface area contributed by atoms with Gasteiger partial charge in [-0.15, -0.1) is 0 Å². The fourth-order valence-electron chi connectivity index (χ4n) is 1.09. The molecule has 0 spiro atoms. The van der Waals surface area contributed by atoms with Crippen LogP contribution in [-0.2, 0) is 4.79 Å². The molecule has 0 aliphatic heterocycles. The van der Waals surface area contributed by atoms with Crippen molar-refractivity contribution in [2.24, 2.45) is 10.9 Å². The summed E-state index contributed by atoms with van der Waals surface area (Å²) in [6.07, 6.45) is 3.11. The molecule has 16 heavy (non-hydrogen) atoms. The molecule has 0 atom stereocenters. The minimum atomic E-state index is -0.349. The third-order valence-electron chi connectivity index (χ3n) is 1.88. The molecule has 1 amide bonds. The quantitative estimate of drug-likeness (QED) is 0.301. The smallest absolute Gasteiger partial charge is 0.232 e. The Labute approximate surface area is 92.9 Å². The number of amides is 1. The average Bonchev–Trinajstić information content (AvgIpc) is 2.65. The first-order valence-electron chi connectivity index (χ1n) is 4.83. The molecule has 0 radical (unpaired) electrons. The molecule has 7 heteroatoms. The Hall–Kier alpha value is -2.05. The molecule has 1 heterocycles.